The highest BCUT2D eigenvalue weighted by molar-refractivity contribution is 7.80. The predicted molar refractivity (Wildman–Crippen MR) is 91.2 cm³/mol. The van der Waals surface area contributed by atoms with Crippen LogP contribution in [0.25, 0.3) is 0 Å². The first-order valence-electron chi connectivity index (χ1n) is 6.46. The number of aryl methyl sites for hydroxylation is 1. The van der Waals surface area contributed by atoms with E-state index in [4.69, 9.17) is 12.2 Å². The molecule has 0 aromatic heterocycles. The molecule has 0 unspecified atom stereocenters. The first-order valence-corrected chi connectivity index (χ1v) is 6.86. The first kappa shape index (κ1) is 15.6. The Morgan fingerprint density at radius 3 is 2.68 bits per heavy atom. The molecule has 2 aromatic rings. The predicted octanol–water partition coefficient (Wildman–Crippen LogP) is 3.22. The lowest BCUT2D eigenvalue weighted by Gasteiger charge is -2.06. The molecule has 0 amide bonds. The number of nitro benzene ring substituents is 1. The van der Waals surface area contributed by atoms with Gasteiger partial charge in [-0.15, -0.1) is 0 Å². The number of hydrogen-bond acceptors (Lipinski definition) is 4. The molecular weight excluding hydrogens is 300 g/mol. The molecule has 0 aliphatic rings. The number of rotatable bonds is 4. The number of nitrogens with one attached hydrogen (secondary N) is 2. The third kappa shape index (κ3) is 4.64. The number of hydrogen-bond donors (Lipinski definition) is 2. The van der Waals surface area contributed by atoms with Gasteiger partial charge in [-0.05, 0) is 31.3 Å². The lowest BCUT2D eigenvalue weighted by Crippen LogP contribution is -2.23. The van der Waals surface area contributed by atoms with Crippen molar-refractivity contribution in [3.8, 4) is 0 Å². The molecule has 0 heterocycles. The van der Waals surface area contributed by atoms with Gasteiger partial charge in [-0.3, -0.25) is 15.5 Å². The molecule has 0 aliphatic carbocycles. The summed E-state index contributed by atoms with van der Waals surface area (Å²) in [6, 6.07) is 13.9. The molecule has 0 saturated heterocycles. The van der Waals surface area contributed by atoms with Gasteiger partial charge in [0.1, 0.15) is 0 Å². The van der Waals surface area contributed by atoms with Crippen molar-refractivity contribution in [2.45, 2.75) is 6.92 Å². The lowest BCUT2D eigenvalue weighted by atomic mass is 10.2. The lowest BCUT2D eigenvalue weighted by molar-refractivity contribution is -0.384. The normalized spacial score (nSPS) is 10.4. The number of non-ortho nitro benzene ring substituents is 1. The maximum Gasteiger partial charge on any atom is 0.270 e. The van der Waals surface area contributed by atoms with Gasteiger partial charge in [0.05, 0.1) is 11.1 Å². The van der Waals surface area contributed by atoms with Crippen molar-refractivity contribution in [3.05, 3.63) is 69.8 Å². The van der Waals surface area contributed by atoms with Crippen LogP contribution in [0.5, 0.6) is 0 Å². The van der Waals surface area contributed by atoms with Crippen LogP contribution in [0.3, 0.4) is 0 Å². The topological polar surface area (TPSA) is 79.6 Å². The van der Waals surface area contributed by atoms with Gasteiger partial charge >= 0.3 is 0 Å². The maximum absolute atomic E-state index is 10.7. The van der Waals surface area contributed by atoms with E-state index in [-0.39, 0.29) is 5.69 Å². The zero-order valence-electron chi connectivity index (χ0n) is 11.8. The molecular formula is C15H14N4O2S. The van der Waals surface area contributed by atoms with Crippen molar-refractivity contribution in [2.75, 3.05) is 5.32 Å². The van der Waals surface area contributed by atoms with Crippen LogP contribution in [0.15, 0.2) is 53.6 Å². The van der Waals surface area contributed by atoms with Crippen LogP contribution in [-0.4, -0.2) is 16.3 Å². The van der Waals surface area contributed by atoms with Crippen LogP contribution in [0.2, 0.25) is 0 Å². The minimum atomic E-state index is -0.450. The molecule has 7 heteroatoms. The third-order valence-electron chi connectivity index (χ3n) is 2.77. The van der Waals surface area contributed by atoms with Crippen LogP contribution in [-0.2, 0) is 0 Å². The SMILES string of the molecule is Cc1ccc(NC(=S)NN=Cc2cccc([N+](=O)[O-])c2)cc1. The van der Waals surface area contributed by atoms with Crippen LogP contribution in [0, 0.1) is 17.0 Å². The van der Waals surface area contributed by atoms with Crippen LogP contribution in [0.4, 0.5) is 11.4 Å². The van der Waals surface area contributed by atoms with E-state index in [1.54, 1.807) is 12.1 Å². The molecule has 0 aliphatic heterocycles. The second-order valence-corrected chi connectivity index (χ2v) is 4.95. The van der Waals surface area contributed by atoms with E-state index in [1.807, 2.05) is 31.2 Å². The van der Waals surface area contributed by atoms with Crippen molar-refractivity contribution in [1.82, 2.24) is 5.43 Å². The fraction of sp³-hybridized carbons (Fsp3) is 0.0667. The number of hydrazone groups is 1. The van der Waals surface area contributed by atoms with Gasteiger partial charge in [0.2, 0.25) is 0 Å². The van der Waals surface area contributed by atoms with E-state index in [1.165, 1.54) is 18.3 Å². The van der Waals surface area contributed by atoms with Gasteiger partial charge in [-0.1, -0.05) is 29.8 Å². The number of thiocarbonyl (C=S) groups is 1. The standard InChI is InChI=1S/C15H14N4O2S/c1-11-5-7-13(8-6-11)17-15(22)18-16-10-12-3-2-4-14(9-12)19(20)21/h2-10H,1H3,(H2,17,18,22). The highest BCUT2D eigenvalue weighted by atomic mass is 32.1. The second kappa shape index (κ2) is 7.28. The van der Waals surface area contributed by atoms with Crippen LogP contribution < -0.4 is 10.7 Å². The summed E-state index contributed by atoms with van der Waals surface area (Å²) in [6.45, 7) is 2.00. The molecule has 0 fully saturated rings. The van der Waals surface area contributed by atoms with E-state index in [9.17, 15) is 10.1 Å². The minimum absolute atomic E-state index is 0.0179. The summed E-state index contributed by atoms with van der Waals surface area (Å²) < 4.78 is 0. The minimum Gasteiger partial charge on any atom is -0.331 e. The van der Waals surface area contributed by atoms with Crippen molar-refractivity contribution >= 4 is 34.9 Å². The summed E-state index contributed by atoms with van der Waals surface area (Å²) in [5.41, 5.74) is 5.31. The molecule has 2 N–H and O–H groups in total. The van der Waals surface area contributed by atoms with E-state index in [0.29, 0.717) is 10.7 Å². The molecule has 0 spiro atoms. The molecule has 112 valence electrons. The summed E-state index contributed by atoms with van der Waals surface area (Å²) in [7, 11) is 0. The Balaban J connectivity index is 1.91. The molecule has 0 bridgehead atoms. The Labute approximate surface area is 133 Å². The zero-order chi connectivity index (χ0) is 15.9. The van der Waals surface area contributed by atoms with Crippen molar-refractivity contribution in [3.63, 3.8) is 0 Å². The van der Waals surface area contributed by atoms with E-state index in [0.717, 1.165) is 11.3 Å². The molecule has 6 nitrogen and oxygen atoms in total. The maximum atomic E-state index is 10.7. The molecule has 2 aromatic carbocycles. The summed E-state index contributed by atoms with van der Waals surface area (Å²) >= 11 is 5.11. The monoisotopic (exact) mass is 314 g/mol. The Morgan fingerprint density at radius 1 is 1.27 bits per heavy atom. The average Bonchev–Trinajstić information content (AvgIpc) is 2.50. The van der Waals surface area contributed by atoms with Crippen molar-refractivity contribution in [1.29, 1.82) is 0 Å². The zero-order valence-corrected chi connectivity index (χ0v) is 12.6. The quantitative estimate of drug-likeness (QED) is 0.392. The highest BCUT2D eigenvalue weighted by Gasteiger charge is 2.03. The number of benzene rings is 2. The van der Waals surface area contributed by atoms with Gasteiger partial charge in [0, 0.05) is 23.4 Å². The summed E-state index contributed by atoms with van der Waals surface area (Å²) in [5.74, 6) is 0. The molecule has 0 atom stereocenters. The summed E-state index contributed by atoms with van der Waals surface area (Å²) in [5, 5.41) is 18.0. The number of anilines is 1. The van der Waals surface area contributed by atoms with Gasteiger partial charge in [0.15, 0.2) is 5.11 Å². The average molecular weight is 314 g/mol. The fourth-order valence-corrected chi connectivity index (χ4v) is 1.85. The second-order valence-electron chi connectivity index (χ2n) is 4.54. The summed E-state index contributed by atoms with van der Waals surface area (Å²) in [6.07, 6.45) is 1.47. The molecule has 22 heavy (non-hydrogen) atoms. The fourth-order valence-electron chi connectivity index (χ4n) is 1.68. The van der Waals surface area contributed by atoms with Crippen molar-refractivity contribution < 1.29 is 4.92 Å². The summed E-state index contributed by atoms with van der Waals surface area (Å²) in [4.78, 5) is 10.2. The first-order chi connectivity index (χ1) is 10.5. The Bertz CT molecular complexity index is 714. The smallest absolute Gasteiger partial charge is 0.270 e. The third-order valence-corrected chi connectivity index (χ3v) is 2.96. The van der Waals surface area contributed by atoms with Crippen LogP contribution >= 0.6 is 12.2 Å². The Hall–Kier alpha value is -2.80. The van der Waals surface area contributed by atoms with Crippen LogP contribution in [0.1, 0.15) is 11.1 Å². The molecule has 0 saturated carbocycles. The van der Waals surface area contributed by atoms with Crippen molar-refractivity contribution in [2.24, 2.45) is 5.10 Å². The van der Waals surface area contributed by atoms with Gasteiger partial charge in [-0.2, -0.15) is 5.10 Å². The van der Waals surface area contributed by atoms with Gasteiger partial charge in [-0.25, -0.2) is 0 Å². The van der Waals surface area contributed by atoms with Gasteiger partial charge in [0.25, 0.3) is 5.69 Å². The number of nitrogens with zero attached hydrogens (tertiary/aromatic N) is 2. The Kier molecular flexibility index (Phi) is 5.16. The van der Waals surface area contributed by atoms with E-state index in [2.05, 4.69) is 15.8 Å². The molecule has 0 radical (unpaired) electrons. The highest BCUT2D eigenvalue weighted by Crippen LogP contribution is 2.11. The largest absolute Gasteiger partial charge is 0.331 e. The Morgan fingerprint density at radius 2 is 2.00 bits per heavy atom. The van der Waals surface area contributed by atoms with E-state index < -0.39 is 4.92 Å². The van der Waals surface area contributed by atoms with Gasteiger partial charge < -0.3 is 5.32 Å². The number of nitro groups is 1. The van der Waals surface area contributed by atoms with E-state index >= 15 is 0 Å². The molecule has 2 rings (SSSR count).